The van der Waals surface area contributed by atoms with Gasteiger partial charge in [0, 0.05) is 17.1 Å². The number of aliphatic hydroxyl groups is 1. The van der Waals surface area contributed by atoms with Crippen molar-refractivity contribution in [2.24, 2.45) is 0 Å². The third-order valence-electron chi connectivity index (χ3n) is 4.45. The van der Waals surface area contributed by atoms with Crippen LogP contribution in [0, 0.1) is 0 Å². The van der Waals surface area contributed by atoms with Gasteiger partial charge in [-0.3, -0.25) is 4.79 Å². The number of nitrogens with one attached hydrogen (secondary N) is 1. The maximum absolute atomic E-state index is 12.3. The maximum atomic E-state index is 12.3. The number of carbonyl (C=O) groups is 1. The zero-order valence-corrected chi connectivity index (χ0v) is 12.6. The molecule has 21 heavy (non-hydrogen) atoms. The van der Waals surface area contributed by atoms with Crippen LogP contribution in [0.25, 0.3) is 0 Å². The van der Waals surface area contributed by atoms with Crippen molar-refractivity contribution in [1.29, 1.82) is 0 Å². The largest absolute Gasteiger partial charge is 0.462 e. The van der Waals surface area contributed by atoms with Gasteiger partial charge in [0.05, 0.1) is 6.61 Å². The van der Waals surface area contributed by atoms with Crippen molar-refractivity contribution in [2.75, 3.05) is 6.61 Å². The molecule has 0 spiro atoms. The summed E-state index contributed by atoms with van der Waals surface area (Å²) in [5, 5.41) is 13.6. The molecule has 0 amide bonds. The fraction of sp³-hybridized carbons (Fsp3) is 0.562. The molecule has 3 rings (SSSR count). The highest BCUT2D eigenvalue weighted by molar-refractivity contribution is 6.30. The fourth-order valence-electron chi connectivity index (χ4n) is 3.36. The molecular weight excluding hydrogens is 290 g/mol. The summed E-state index contributed by atoms with van der Waals surface area (Å²) in [4.78, 5) is 12.3. The number of benzene rings is 1. The second kappa shape index (κ2) is 6.34. The van der Waals surface area contributed by atoms with Crippen molar-refractivity contribution < 1.29 is 14.6 Å². The van der Waals surface area contributed by atoms with Gasteiger partial charge in [0.15, 0.2) is 0 Å². The summed E-state index contributed by atoms with van der Waals surface area (Å²) in [7, 11) is 0. The molecular formula is C16H20ClNO3. The molecule has 0 saturated carbocycles. The first-order valence-corrected chi connectivity index (χ1v) is 7.86. The monoisotopic (exact) mass is 309 g/mol. The number of carbonyl (C=O) groups excluding carboxylic acids is 1. The topological polar surface area (TPSA) is 58.6 Å². The number of hydrogen-bond donors (Lipinski definition) is 2. The van der Waals surface area contributed by atoms with Crippen LogP contribution in [0.1, 0.15) is 37.2 Å². The molecule has 2 heterocycles. The third kappa shape index (κ3) is 3.39. The van der Waals surface area contributed by atoms with Crippen LogP contribution < -0.4 is 5.32 Å². The van der Waals surface area contributed by atoms with E-state index >= 15 is 0 Å². The van der Waals surface area contributed by atoms with E-state index in [9.17, 15) is 9.90 Å². The van der Waals surface area contributed by atoms with Crippen LogP contribution in [0.4, 0.5) is 0 Å². The summed E-state index contributed by atoms with van der Waals surface area (Å²) < 4.78 is 5.64. The first-order valence-electron chi connectivity index (χ1n) is 7.48. The number of hydrogen-bond acceptors (Lipinski definition) is 4. The Bertz CT molecular complexity index is 493. The van der Waals surface area contributed by atoms with Crippen LogP contribution in [-0.2, 0) is 9.53 Å². The van der Waals surface area contributed by atoms with E-state index in [1.807, 2.05) is 0 Å². The molecule has 2 saturated heterocycles. The molecule has 2 bridgehead atoms. The van der Waals surface area contributed by atoms with E-state index in [1.54, 1.807) is 24.3 Å². The van der Waals surface area contributed by atoms with Gasteiger partial charge in [-0.2, -0.15) is 0 Å². The van der Waals surface area contributed by atoms with Crippen molar-refractivity contribution in [2.45, 2.75) is 49.8 Å². The standard InChI is InChI=1S/C16H20ClNO3/c17-11-3-1-10(2-4-11)15(9-19)16(20)21-14-7-12-5-6-13(8-14)18-12/h1-4,12-15,18-19H,5-9H2/t12-,13+,14?,15-/m0/s1. The predicted octanol–water partition coefficient (Wildman–Crippen LogP) is 2.24. The van der Waals surface area contributed by atoms with Crippen molar-refractivity contribution in [3.8, 4) is 0 Å². The second-order valence-corrected chi connectivity index (χ2v) is 6.39. The van der Waals surface area contributed by atoms with Crippen LogP contribution in [0.2, 0.25) is 5.02 Å². The zero-order chi connectivity index (χ0) is 14.8. The van der Waals surface area contributed by atoms with E-state index in [-0.39, 0.29) is 18.7 Å². The Morgan fingerprint density at radius 2 is 1.90 bits per heavy atom. The van der Waals surface area contributed by atoms with E-state index in [4.69, 9.17) is 16.3 Å². The van der Waals surface area contributed by atoms with Gasteiger partial charge in [0.2, 0.25) is 0 Å². The number of halogens is 1. The Hall–Kier alpha value is -1.10. The van der Waals surface area contributed by atoms with Gasteiger partial charge >= 0.3 is 5.97 Å². The molecule has 2 aliphatic heterocycles. The maximum Gasteiger partial charge on any atom is 0.316 e. The Kier molecular flexibility index (Phi) is 4.48. The van der Waals surface area contributed by atoms with Gasteiger partial charge in [-0.05, 0) is 43.4 Å². The number of piperidine rings is 1. The smallest absolute Gasteiger partial charge is 0.316 e. The minimum Gasteiger partial charge on any atom is -0.462 e. The number of ether oxygens (including phenoxy) is 1. The molecule has 2 aliphatic rings. The Balaban J connectivity index is 1.64. The Morgan fingerprint density at radius 1 is 1.29 bits per heavy atom. The molecule has 4 nitrogen and oxygen atoms in total. The van der Waals surface area contributed by atoms with Crippen LogP contribution in [0.15, 0.2) is 24.3 Å². The fourth-order valence-corrected chi connectivity index (χ4v) is 3.48. The summed E-state index contributed by atoms with van der Waals surface area (Å²) in [6.07, 6.45) is 4.05. The Labute approximate surface area is 129 Å². The van der Waals surface area contributed by atoms with Gasteiger partial charge < -0.3 is 15.2 Å². The quantitative estimate of drug-likeness (QED) is 0.838. The van der Waals surface area contributed by atoms with Crippen molar-refractivity contribution in [3.63, 3.8) is 0 Å². The molecule has 4 atom stereocenters. The van der Waals surface area contributed by atoms with Gasteiger partial charge in [-0.25, -0.2) is 0 Å². The molecule has 1 unspecified atom stereocenters. The molecule has 0 aromatic heterocycles. The number of fused-ring (bicyclic) bond motifs is 2. The molecule has 1 aromatic rings. The van der Waals surface area contributed by atoms with Crippen LogP contribution in [-0.4, -0.2) is 35.9 Å². The lowest BCUT2D eigenvalue weighted by Crippen LogP contribution is -2.42. The number of esters is 1. The lowest BCUT2D eigenvalue weighted by Gasteiger charge is -2.29. The van der Waals surface area contributed by atoms with Crippen molar-refractivity contribution in [1.82, 2.24) is 5.32 Å². The predicted molar refractivity (Wildman–Crippen MR) is 80.3 cm³/mol. The highest BCUT2D eigenvalue weighted by atomic mass is 35.5. The SMILES string of the molecule is O=C(OC1C[C@H]2CC[C@@H](C1)N2)[C@@H](CO)c1ccc(Cl)cc1. The van der Waals surface area contributed by atoms with Gasteiger partial charge in [0.25, 0.3) is 0 Å². The van der Waals surface area contributed by atoms with Crippen molar-refractivity contribution in [3.05, 3.63) is 34.9 Å². The molecule has 0 radical (unpaired) electrons. The third-order valence-corrected chi connectivity index (χ3v) is 4.70. The van der Waals surface area contributed by atoms with E-state index < -0.39 is 5.92 Å². The number of rotatable bonds is 4. The summed E-state index contributed by atoms with van der Waals surface area (Å²) in [6.45, 7) is -0.252. The molecule has 2 N–H and O–H groups in total. The van der Waals surface area contributed by atoms with Crippen LogP contribution in [0.5, 0.6) is 0 Å². The van der Waals surface area contributed by atoms with Crippen molar-refractivity contribution >= 4 is 17.6 Å². The van der Waals surface area contributed by atoms with E-state index in [0.717, 1.165) is 18.4 Å². The van der Waals surface area contributed by atoms with E-state index in [0.29, 0.717) is 17.1 Å². The summed E-state index contributed by atoms with van der Waals surface area (Å²) in [6, 6.07) is 7.91. The minimum atomic E-state index is -0.630. The summed E-state index contributed by atoms with van der Waals surface area (Å²) >= 11 is 5.85. The minimum absolute atomic E-state index is 0.0300. The highest BCUT2D eigenvalue weighted by Crippen LogP contribution is 2.30. The zero-order valence-electron chi connectivity index (χ0n) is 11.8. The molecule has 0 aliphatic carbocycles. The van der Waals surface area contributed by atoms with Crippen LogP contribution >= 0.6 is 11.6 Å². The Morgan fingerprint density at radius 3 is 2.48 bits per heavy atom. The average Bonchev–Trinajstić information content (AvgIpc) is 2.81. The average molecular weight is 310 g/mol. The van der Waals surface area contributed by atoms with Crippen LogP contribution in [0.3, 0.4) is 0 Å². The van der Waals surface area contributed by atoms with E-state index in [2.05, 4.69) is 5.32 Å². The van der Waals surface area contributed by atoms with Gasteiger partial charge in [-0.15, -0.1) is 0 Å². The first-order chi connectivity index (χ1) is 10.2. The molecule has 5 heteroatoms. The van der Waals surface area contributed by atoms with E-state index in [1.165, 1.54) is 12.8 Å². The molecule has 1 aromatic carbocycles. The summed E-state index contributed by atoms with van der Waals surface area (Å²) in [5.74, 6) is -0.971. The number of aliphatic hydroxyl groups excluding tert-OH is 1. The molecule has 2 fully saturated rings. The first kappa shape index (κ1) is 14.8. The second-order valence-electron chi connectivity index (χ2n) is 5.95. The highest BCUT2D eigenvalue weighted by Gasteiger charge is 2.36. The normalized spacial score (nSPS) is 29.1. The van der Waals surface area contributed by atoms with Gasteiger partial charge in [-0.1, -0.05) is 23.7 Å². The lowest BCUT2D eigenvalue weighted by atomic mass is 9.99. The lowest BCUT2D eigenvalue weighted by molar-refractivity contribution is -0.153. The summed E-state index contributed by atoms with van der Waals surface area (Å²) in [5.41, 5.74) is 0.740. The molecule has 114 valence electrons. The van der Waals surface area contributed by atoms with Gasteiger partial charge in [0.1, 0.15) is 12.0 Å².